The summed E-state index contributed by atoms with van der Waals surface area (Å²) in [6.07, 6.45) is 0.818. The second-order valence-corrected chi connectivity index (χ2v) is 9.44. The molecule has 1 aromatic rings. The summed E-state index contributed by atoms with van der Waals surface area (Å²) in [6.45, 7) is 3.97. The molecule has 10 N–H and O–H groups in total. The van der Waals surface area contributed by atoms with Crippen LogP contribution in [0.2, 0.25) is 0 Å². The molecule has 206 valence electrons. The number of hydrogen-bond donors (Lipinski definition) is 8. The topological polar surface area (TPSA) is 215 Å². The molecule has 0 saturated heterocycles. The fourth-order valence-corrected chi connectivity index (χ4v) is 3.60. The number of amides is 3. The Morgan fingerprint density at radius 1 is 0.946 bits per heavy atom. The van der Waals surface area contributed by atoms with Gasteiger partial charge in [0.2, 0.25) is 17.7 Å². The molecule has 37 heavy (non-hydrogen) atoms. The molecule has 0 heterocycles. The maximum absolute atomic E-state index is 13.1. The van der Waals surface area contributed by atoms with E-state index in [0.29, 0.717) is 12.8 Å². The fourth-order valence-electron chi connectivity index (χ4n) is 3.43. The summed E-state index contributed by atoms with van der Waals surface area (Å²) in [5.74, 6) is -3.01. The first kappa shape index (κ1) is 31.7. The monoisotopic (exact) mass is 537 g/mol. The number of thiol groups is 1. The van der Waals surface area contributed by atoms with Crippen molar-refractivity contribution in [3.05, 3.63) is 35.9 Å². The molecule has 3 amide bonds. The van der Waals surface area contributed by atoms with E-state index in [1.807, 2.05) is 13.8 Å². The Morgan fingerprint density at radius 3 is 2.05 bits per heavy atom. The van der Waals surface area contributed by atoms with E-state index in [2.05, 4.69) is 33.6 Å². The quantitative estimate of drug-likeness (QED) is 0.0572. The molecule has 0 aromatic heterocycles. The standard InChI is InChI=1S/C24H39N7O5S/c1-14(2)11-18(30-20(32)16(25)13-37)22(34)29-17(9-6-10-28-24(26)27)21(33)31-19(23(35)36)12-15-7-4-3-5-8-15/h3-5,7-8,14,16-19,37H,6,9-13,25H2,1-2H3,(H,29,34)(H,30,32)(H,31,33)(H,35,36)(H4,26,27,28). The van der Waals surface area contributed by atoms with Crippen LogP contribution in [0.3, 0.4) is 0 Å². The largest absolute Gasteiger partial charge is 0.480 e. The summed E-state index contributed by atoms with van der Waals surface area (Å²) in [4.78, 5) is 54.3. The lowest BCUT2D eigenvalue weighted by Crippen LogP contribution is -2.57. The number of hydrogen-bond acceptors (Lipinski definition) is 7. The molecule has 0 aliphatic carbocycles. The molecule has 13 heteroatoms. The molecular formula is C24H39N7O5S. The molecular weight excluding hydrogens is 498 g/mol. The Morgan fingerprint density at radius 2 is 1.51 bits per heavy atom. The van der Waals surface area contributed by atoms with Crippen LogP contribution in [-0.2, 0) is 25.6 Å². The number of aliphatic carboxylic acids is 1. The number of rotatable bonds is 16. The van der Waals surface area contributed by atoms with E-state index in [9.17, 15) is 24.3 Å². The minimum Gasteiger partial charge on any atom is -0.480 e. The van der Waals surface area contributed by atoms with Gasteiger partial charge < -0.3 is 38.3 Å². The molecule has 0 aliphatic rings. The van der Waals surface area contributed by atoms with Crippen LogP contribution in [0.15, 0.2) is 35.3 Å². The van der Waals surface area contributed by atoms with Crippen LogP contribution in [0.1, 0.15) is 38.7 Å². The number of guanidine groups is 1. The van der Waals surface area contributed by atoms with Crippen molar-refractivity contribution in [1.29, 1.82) is 0 Å². The highest BCUT2D eigenvalue weighted by Gasteiger charge is 2.30. The van der Waals surface area contributed by atoms with E-state index < -0.39 is 47.9 Å². The molecule has 0 radical (unpaired) electrons. The second kappa shape index (κ2) is 16.4. The average Bonchev–Trinajstić information content (AvgIpc) is 2.84. The van der Waals surface area contributed by atoms with Gasteiger partial charge in [-0.2, -0.15) is 12.6 Å². The molecule has 1 rings (SSSR count). The van der Waals surface area contributed by atoms with Crippen molar-refractivity contribution >= 4 is 42.3 Å². The lowest BCUT2D eigenvalue weighted by molar-refractivity contribution is -0.142. The minimum absolute atomic E-state index is 0.0414. The Kier molecular flexibility index (Phi) is 14.1. The van der Waals surface area contributed by atoms with Gasteiger partial charge >= 0.3 is 5.97 Å². The van der Waals surface area contributed by atoms with E-state index in [4.69, 9.17) is 17.2 Å². The number of carboxylic acids is 1. The van der Waals surface area contributed by atoms with Gasteiger partial charge in [-0.15, -0.1) is 0 Å². The van der Waals surface area contributed by atoms with Gasteiger partial charge in [0, 0.05) is 18.7 Å². The predicted molar refractivity (Wildman–Crippen MR) is 145 cm³/mol. The average molecular weight is 538 g/mol. The number of carboxylic acid groups (broad SMARTS) is 1. The van der Waals surface area contributed by atoms with Gasteiger partial charge in [0.25, 0.3) is 0 Å². The third-order valence-corrected chi connectivity index (χ3v) is 5.74. The maximum atomic E-state index is 13.1. The highest BCUT2D eigenvalue weighted by molar-refractivity contribution is 7.80. The summed E-state index contributed by atoms with van der Waals surface area (Å²) in [5.41, 5.74) is 17.1. The molecule has 4 atom stereocenters. The van der Waals surface area contributed by atoms with E-state index in [1.54, 1.807) is 30.3 Å². The number of carbonyl (C=O) groups excluding carboxylic acids is 3. The zero-order valence-electron chi connectivity index (χ0n) is 21.2. The normalized spacial score (nSPS) is 14.1. The number of nitrogens with zero attached hydrogens (tertiary/aromatic N) is 1. The molecule has 4 unspecified atom stereocenters. The number of nitrogens with two attached hydrogens (primary N) is 3. The first-order chi connectivity index (χ1) is 17.4. The van der Waals surface area contributed by atoms with Crippen molar-refractivity contribution in [2.45, 2.75) is 63.7 Å². The summed E-state index contributed by atoms with van der Waals surface area (Å²) in [5, 5.41) is 17.4. The van der Waals surface area contributed by atoms with Crippen LogP contribution in [0.25, 0.3) is 0 Å². The molecule has 0 spiro atoms. The molecule has 0 aliphatic heterocycles. The zero-order valence-corrected chi connectivity index (χ0v) is 22.1. The first-order valence-corrected chi connectivity index (χ1v) is 12.7. The number of benzene rings is 1. The van der Waals surface area contributed by atoms with Crippen LogP contribution >= 0.6 is 12.6 Å². The summed E-state index contributed by atoms with van der Waals surface area (Å²) in [6, 6.07) is 4.68. The van der Waals surface area contributed by atoms with Crippen LogP contribution in [0.4, 0.5) is 0 Å². The Balaban J connectivity index is 3.05. The number of nitrogens with one attached hydrogen (secondary N) is 3. The molecule has 0 saturated carbocycles. The van der Waals surface area contributed by atoms with Gasteiger partial charge in [0.05, 0.1) is 6.04 Å². The number of aliphatic imine (C=N–C) groups is 1. The van der Waals surface area contributed by atoms with Crippen molar-refractivity contribution in [2.75, 3.05) is 12.3 Å². The highest BCUT2D eigenvalue weighted by atomic mass is 32.1. The lowest BCUT2D eigenvalue weighted by atomic mass is 10.0. The molecule has 0 bridgehead atoms. The van der Waals surface area contributed by atoms with E-state index >= 15 is 0 Å². The Labute approximate surface area is 222 Å². The van der Waals surface area contributed by atoms with Crippen molar-refractivity contribution in [3.63, 3.8) is 0 Å². The van der Waals surface area contributed by atoms with E-state index in [0.717, 1.165) is 5.56 Å². The predicted octanol–water partition coefficient (Wildman–Crippen LogP) is -0.875. The third-order valence-electron chi connectivity index (χ3n) is 5.35. The highest BCUT2D eigenvalue weighted by Crippen LogP contribution is 2.09. The van der Waals surface area contributed by atoms with Gasteiger partial charge in [-0.3, -0.25) is 19.4 Å². The molecule has 1 aromatic carbocycles. The van der Waals surface area contributed by atoms with Gasteiger partial charge in [-0.05, 0) is 30.7 Å². The van der Waals surface area contributed by atoms with Gasteiger partial charge in [-0.25, -0.2) is 4.79 Å². The van der Waals surface area contributed by atoms with Crippen LogP contribution in [-0.4, -0.2) is 71.2 Å². The van der Waals surface area contributed by atoms with Gasteiger partial charge in [0.1, 0.15) is 18.1 Å². The summed E-state index contributed by atoms with van der Waals surface area (Å²) >= 11 is 4.01. The first-order valence-electron chi connectivity index (χ1n) is 12.0. The van der Waals surface area contributed by atoms with E-state index in [1.165, 1.54) is 0 Å². The van der Waals surface area contributed by atoms with Crippen molar-refractivity contribution in [3.8, 4) is 0 Å². The van der Waals surface area contributed by atoms with Crippen molar-refractivity contribution in [2.24, 2.45) is 28.1 Å². The fraction of sp³-hybridized carbons (Fsp3) is 0.542. The molecule has 0 fully saturated rings. The smallest absolute Gasteiger partial charge is 0.326 e. The number of carbonyl (C=O) groups is 4. The second-order valence-electron chi connectivity index (χ2n) is 9.08. The van der Waals surface area contributed by atoms with Crippen molar-refractivity contribution < 1.29 is 24.3 Å². The van der Waals surface area contributed by atoms with Crippen LogP contribution in [0, 0.1) is 5.92 Å². The summed E-state index contributed by atoms with van der Waals surface area (Å²) < 4.78 is 0. The van der Waals surface area contributed by atoms with Crippen LogP contribution in [0.5, 0.6) is 0 Å². The van der Waals surface area contributed by atoms with Crippen LogP contribution < -0.4 is 33.2 Å². The zero-order chi connectivity index (χ0) is 28.0. The maximum Gasteiger partial charge on any atom is 0.326 e. The van der Waals surface area contributed by atoms with Gasteiger partial charge in [0.15, 0.2) is 5.96 Å². The van der Waals surface area contributed by atoms with Crippen molar-refractivity contribution in [1.82, 2.24) is 16.0 Å². The Hall–Kier alpha value is -3.32. The Bertz CT molecular complexity index is 925. The summed E-state index contributed by atoms with van der Waals surface area (Å²) in [7, 11) is 0. The lowest BCUT2D eigenvalue weighted by Gasteiger charge is -2.26. The SMILES string of the molecule is CC(C)CC(NC(=O)C(N)CS)C(=O)NC(CCCN=C(N)N)C(=O)NC(Cc1ccccc1)C(=O)O. The van der Waals surface area contributed by atoms with E-state index in [-0.39, 0.29) is 37.0 Å². The molecule has 12 nitrogen and oxygen atoms in total. The minimum atomic E-state index is -1.22. The van der Waals surface area contributed by atoms with Gasteiger partial charge in [-0.1, -0.05) is 44.2 Å². The third kappa shape index (κ3) is 12.5.